The molecule has 0 bridgehead atoms. The Morgan fingerprint density at radius 2 is 0.904 bits per heavy atom. The lowest BCUT2D eigenvalue weighted by Gasteiger charge is -2.29. The minimum atomic E-state index is -0.148. The first-order valence-electron chi connectivity index (χ1n) is 18.2. The van der Waals surface area contributed by atoms with Crippen molar-refractivity contribution in [1.82, 2.24) is 0 Å². The fourth-order valence-corrected chi connectivity index (χ4v) is 7.84. The predicted molar refractivity (Wildman–Crippen MR) is 223 cm³/mol. The van der Waals surface area contributed by atoms with E-state index in [9.17, 15) is 0 Å². The van der Waals surface area contributed by atoms with Crippen molar-refractivity contribution in [1.29, 1.82) is 0 Å². The molecule has 0 saturated heterocycles. The summed E-state index contributed by atoms with van der Waals surface area (Å²) in [6.07, 6.45) is 4.46. The van der Waals surface area contributed by atoms with Gasteiger partial charge in [0.1, 0.15) is 0 Å². The van der Waals surface area contributed by atoms with Crippen LogP contribution in [0.1, 0.15) is 52.8 Å². The Bertz CT molecular complexity index is 2340. The van der Waals surface area contributed by atoms with Crippen molar-refractivity contribution in [2.45, 2.75) is 40.0 Å². The van der Waals surface area contributed by atoms with Crippen molar-refractivity contribution in [2.75, 3.05) is 9.80 Å². The number of anilines is 6. The SMILES string of the molecule is Cc1cc(C)cc(N(c2ccc3c(c2)C(C)(C)c2cc(C=Cc4ccc(N(c5ccccc5)c5ccccc5)cc4)ccc2-3)c2ccccc2C)c1. The Hall–Kier alpha value is -6.12. The standard InChI is InChI=1S/C50H44N2/c1-35-30-36(2)32-44(31-35)52(49-19-13-12-14-37(49)3)43-27-29-46-45-28-24-39(33-47(45)50(4,5)48(46)34-43)21-20-38-22-25-42(26-23-38)51(40-15-8-6-9-16-40)41-17-10-7-11-18-41/h6-34H,1-5H3. The molecule has 0 aliphatic heterocycles. The molecule has 0 N–H and O–H groups in total. The summed E-state index contributed by atoms with van der Waals surface area (Å²) in [5.74, 6) is 0. The van der Waals surface area contributed by atoms with Gasteiger partial charge in [0.2, 0.25) is 0 Å². The van der Waals surface area contributed by atoms with Crippen LogP contribution in [0.3, 0.4) is 0 Å². The van der Waals surface area contributed by atoms with E-state index in [1.165, 1.54) is 67.1 Å². The Labute approximate surface area is 309 Å². The Morgan fingerprint density at radius 3 is 1.54 bits per heavy atom. The van der Waals surface area contributed by atoms with Gasteiger partial charge in [0, 0.05) is 39.5 Å². The molecule has 0 radical (unpaired) electrons. The fourth-order valence-electron chi connectivity index (χ4n) is 7.84. The van der Waals surface area contributed by atoms with Crippen LogP contribution in [0, 0.1) is 20.8 Å². The van der Waals surface area contributed by atoms with Crippen LogP contribution in [0.5, 0.6) is 0 Å². The molecule has 2 heteroatoms. The van der Waals surface area contributed by atoms with Crippen LogP contribution in [0.2, 0.25) is 0 Å². The van der Waals surface area contributed by atoms with Crippen LogP contribution in [0.15, 0.2) is 164 Å². The number of fused-ring (bicyclic) bond motifs is 3. The van der Waals surface area contributed by atoms with Gasteiger partial charge in [-0.05, 0) is 138 Å². The van der Waals surface area contributed by atoms with Crippen molar-refractivity contribution < 1.29 is 0 Å². The summed E-state index contributed by atoms with van der Waals surface area (Å²) in [7, 11) is 0. The van der Waals surface area contributed by atoms with Crippen LogP contribution < -0.4 is 9.80 Å². The Kier molecular flexibility index (Phi) is 8.61. The summed E-state index contributed by atoms with van der Waals surface area (Å²) in [5.41, 5.74) is 18.4. The smallest absolute Gasteiger partial charge is 0.0490 e. The average Bonchev–Trinajstić information content (AvgIpc) is 3.38. The number of para-hydroxylation sites is 3. The first kappa shape index (κ1) is 33.0. The van der Waals surface area contributed by atoms with Crippen molar-refractivity contribution >= 4 is 46.3 Å². The van der Waals surface area contributed by atoms with Gasteiger partial charge in [-0.3, -0.25) is 0 Å². The highest BCUT2D eigenvalue weighted by atomic mass is 15.1. The molecule has 0 amide bonds. The molecule has 7 aromatic rings. The maximum atomic E-state index is 2.42. The largest absolute Gasteiger partial charge is 0.311 e. The number of nitrogens with zero attached hydrogens (tertiary/aromatic N) is 2. The minimum Gasteiger partial charge on any atom is -0.311 e. The summed E-state index contributed by atoms with van der Waals surface area (Å²) >= 11 is 0. The number of rotatable bonds is 8. The lowest BCUT2D eigenvalue weighted by atomic mass is 9.81. The van der Waals surface area contributed by atoms with Crippen molar-refractivity contribution in [3.63, 3.8) is 0 Å². The van der Waals surface area contributed by atoms with Gasteiger partial charge >= 0.3 is 0 Å². The van der Waals surface area contributed by atoms with Gasteiger partial charge in [0.05, 0.1) is 0 Å². The van der Waals surface area contributed by atoms with E-state index in [-0.39, 0.29) is 5.41 Å². The Balaban J connectivity index is 1.09. The highest BCUT2D eigenvalue weighted by molar-refractivity contribution is 5.87. The molecule has 0 unspecified atom stereocenters. The second kappa shape index (κ2) is 13.5. The average molecular weight is 673 g/mol. The lowest BCUT2D eigenvalue weighted by Crippen LogP contribution is -2.17. The summed E-state index contributed by atoms with van der Waals surface area (Å²) in [4.78, 5) is 4.72. The van der Waals surface area contributed by atoms with Gasteiger partial charge in [-0.2, -0.15) is 0 Å². The summed E-state index contributed by atoms with van der Waals surface area (Å²) in [6.45, 7) is 11.3. The van der Waals surface area contributed by atoms with Crippen molar-refractivity contribution in [3.8, 4) is 11.1 Å². The third-order valence-electron chi connectivity index (χ3n) is 10.4. The van der Waals surface area contributed by atoms with E-state index in [1.807, 2.05) is 0 Å². The quantitative estimate of drug-likeness (QED) is 0.148. The maximum absolute atomic E-state index is 2.42. The number of hydrogen-bond donors (Lipinski definition) is 0. The third kappa shape index (κ3) is 6.22. The monoisotopic (exact) mass is 672 g/mol. The van der Waals surface area contributed by atoms with Crippen LogP contribution in [-0.2, 0) is 5.41 Å². The highest BCUT2D eigenvalue weighted by Gasteiger charge is 2.36. The zero-order valence-electron chi connectivity index (χ0n) is 30.6. The molecule has 1 aliphatic carbocycles. The molecule has 8 rings (SSSR count). The number of benzene rings is 7. The molecule has 254 valence electrons. The predicted octanol–water partition coefficient (Wildman–Crippen LogP) is 14.0. The molecule has 0 aromatic heterocycles. The van der Waals surface area contributed by atoms with E-state index < -0.39 is 0 Å². The van der Waals surface area contributed by atoms with Gasteiger partial charge in [-0.25, -0.2) is 0 Å². The van der Waals surface area contributed by atoms with Gasteiger partial charge in [0.15, 0.2) is 0 Å². The highest BCUT2D eigenvalue weighted by Crippen LogP contribution is 2.51. The zero-order chi connectivity index (χ0) is 35.8. The Morgan fingerprint density at radius 1 is 0.404 bits per heavy atom. The van der Waals surface area contributed by atoms with E-state index in [0.717, 1.165) is 17.1 Å². The zero-order valence-corrected chi connectivity index (χ0v) is 30.6. The van der Waals surface area contributed by atoms with Crippen LogP contribution in [0.25, 0.3) is 23.3 Å². The molecule has 0 spiro atoms. The molecule has 0 atom stereocenters. The summed E-state index contributed by atoms with van der Waals surface area (Å²) in [6, 6.07) is 59.4. The topological polar surface area (TPSA) is 6.48 Å². The number of hydrogen-bond acceptors (Lipinski definition) is 2. The van der Waals surface area contributed by atoms with E-state index in [0.29, 0.717) is 0 Å². The summed E-state index contributed by atoms with van der Waals surface area (Å²) in [5, 5.41) is 0. The van der Waals surface area contributed by atoms with Gasteiger partial charge in [-0.1, -0.05) is 123 Å². The van der Waals surface area contributed by atoms with E-state index >= 15 is 0 Å². The first-order chi connectivity index (χ1) is 25.3. The maximum Gasteiger partial charge on any atom is 0.0490 e. The van der Waals surface area contributed by atoms with Crippen molar-refractivity contribution in [3.05, 3.63) is 203 Å². The van der Waals surface area contributed by atoms with E-state index in [4.69, 9.17) is 0 Å². The van der Waals surface area contributed by atoms with Crippen LogP contribution in [0.4, 0.5) is 34.1 Å². The molecular formula is C50H44N2. The van der Waals surface area contributed by atoms with E-state index in [1.54, 1.807) is 0 Å². The molecule has 0 saturated carbocycles. The number of aryl methyl sites for hydroxylation is 3. The molecule has 2 nitrogen and oxygen atoms in total. The molecule has 0 heterocycles. The second-order valence-corrected chi connectivity index (χ2v) is 14.6. The molecule has 7 aromatic carbocycles. The molecule has 1 aliphatic rings. The lowest BCUT2D eigenvalue weighted by molar-refractivity contribution is 0.660. The summed E-state index contributed by atoms with van der Waals surface area (Å²) < 4.78 is 0. The van der Waals surface area contributed by atoms with Gasteiger partial charge in [-0.15, -0.1) is 0 Å². The molecule has 0 fully saturated rings. The second-order valence-electron chi connectivity index (χ2n) is 14.6. The normalized spacial score (nSPS) is 12.8. The van der Waals surface area contributed by atoms with Crippen LogP contribution in [-0.4, -0.2) is 0 Å². The fraction of sp³-hybridized carbons (Fsp3) is 0.120. The third-order valence-corrected chi connectivity index (χ3v) is 10.4. The minimum absolute atomic E-state index is 0.148. The molecule has 52 heavy (non-hydrogen) atoms. The van der Waals surface area contributed by atoms with Gasteiger partial charge < -0.3 is 9.80 Å². The van der Waals surface area contributed by atoms with Crippen molar-refractivity contribution in [2.24, 2.45) is 0 Å². The first-order valence-corrected chi connectivity index (χ1v) is 18.2. The van der Waals surface area contributed by atoms with Gasteiger partial charge in [0.25, 0.3) is 0 Å². The molecular weight excluding hydrogens is 629 g/mol. The van der Waals surface area contributed by atoms with Crippen LogP contribution >= 0.6 is 0 Å². The van der Waals surface area contributed by atoms with E-state index in [2.05, 4.69) is 220 Å².